The van der Waals surface area contributed by atoms with Crippen molar-refractivity contribution < 1.29 is 23.3 Å². The summed E-state index contributed by atoms with van der Waals surface area (Å²) in [6.07, 6.45) is 9.88. The number of fused-ring (bicyclic) bond motifs is 4. The fourth-order valence-electron chi connectivity index (χ4n) is 8.36. The van der Waals surface area contributed by atoms with Crippen molar-refractivity contribution in [3.8, 4) is 5.75 Å². The lowest BCUT2D eigenvalue weighted by atomic mass is 9.68. The van der Waals surface area contributed by atoms with Gasteiger partial charge in [-0.05, 0) is 117 Å². The van der Waals surface area contributed by atoms with Crippen molar-refractivity contribution in [1.82, 2.24) is 10.0 Å². The molecule has 254 valence electrons. The highest BCUT2D eigenvalue weighted by Gasteiger charge is 2.44. The van der Waals surface area contributed by atoms with Gasteiger partial charge in [-0.3, -0.25) is 9.52 Å². The number of carbonyl (C=O) groups excluding carboxylic acids is 2. The number of urea groups is 1. The molecule has 0 aromatic heterocycles. The summed E-state index contributed by atoms with van der Waals surface area (Å²) in [6.45, 7) is 4.13. The predicted octanol–water partition coefficient (Wildman–Crippen LogP) is 6.66. The van der Waals surface area contributed by atoms with Gasteiger partial charge < -0.3 is 19.7 Å². The van der Waals surface area contributed by atoms with E-state index in [4.69, 9.17) is 21.1 Å². The number of rotatable bonds is 3. The van der Waals surface area contributed by atoms with Crippen LogP contribution in [0.15, 0.2) is 40.8 Å². The fraction of sp³-hybridized carbons (Fsp3) is 0.611. The van der Waals surface area contributed by atoms with E-state index >= 15 is 0 Å². The zero-order valence-corrected chi connectivity index (χ0v) is 29.0. The maximum Gasteiger partial charge on any atom is 0.327 e. The summed E-state index contributed by atoms with van der Waals surface area (Å²) < 4.78 is 33.9. The third-order valence-corrected chi connectivity index (χ3v) is 13.3. The molecule has 1 spiro atoms. The third-order valence-electron chi connectivity index (χ3n) is 11.1. The molecule has 47 heavy (non-hydrogen) atoms. The van der Waals surface area contributed by atoms with E-state index in [1.807, 2.05) is 32.2 Å². The first kappa shape index (κ1) is 32.7. The molecule has 3 amide bonds. The van der Waals surface area contributed by atoms with Crippen LogP contribution in [0.5, 0.6) is 5.75 Å². The number of nitrogens with zero attached hydrogens (tertiary/aromatic N) is 2. The number of aryl methyl sites for hydroxylation is 1. The van der Waals surface area contributed by atoms with Crippen molar-refractivity contribution in [1.29, 1.82) is 0 Å². The first-order valence-corrected chi connectivity index (χ1v) is 19.4. The van der Waals surface area contributed by atoms with Gasteiger partial charge in [0.15, 0.2) is 0 Å². The molecule has 2 aromatic carbocycles. The van der Waals surface area contributed by atoms with Gasteiger partial charge in [-0.15, -0.1) is 4.36 Å². The second kappa shape index (κ2) is 13.2. The number of hydrogen-bond acceptors (Lipinski definition) is 6. The SMILES string of the molecule is CO[C@H]1CCC[C@H](C)C[S@@](=O)(NC(=O)NC2CC2)=NC(=O)c2ccc3c(c2)N(C[C@@H]2CC[C@H]21)C[C@@]1(CCCc2cc(Cl)ccc21)CO3. The minimum absolute atomic E-state index is 0.0109. The van der Waals surface area contributed by atoms with Gasteiger partial charge >= 0.3 is 6.03 Å². The van der Waals surface area contributed by atoms with Crippen LogP contribution in [0.2, 0.25) is 5.02 Å². The van der Waals surface area contributed by atoms with Crippen LogP contribution in [0.3, 0.4) is 0 Å². The molecule has 7 rings (SSSR count). The normalized spacial score (nSPS) is 32.5. The van der Waals surface area contributed by atoms with Crippen molar-refractivity contribution in [2.24, 2.45) is 22.1 Å². The number of hydrogen-bond donors (Lipinski definition) is 2. The Morgan fingerprint density at radius 2 is 1.96 bits per heavy atom. The number of ether oxygens (including phenoxy) is 2. The van der Waals surface area contributed by atoms with Crippen molar-refractivity contribution in [3.63, 3.8) is 0 Å². The summed E-state index contributed by atoms with van der Waals surface area (Å²) in [7, 11) is -1.56. The molecular formula is C36H47ClN4O5S. The molecule has 2 aliphatic heterocycles. The van der Waals surface area contributed by atoms with Crippen LogP contribution in [-0.2, 0) is 26.5 Å². The monoisotopic (exact) mass is 682 g/mol. The lowest BCUT2D eigenvalue weighted by Crippen LogP contribution is -2.49. The maximum atomic E-state index is 14.2. The topological polar surface area (TPSA) is 109 Å². The molecule has 2 fully saturated rings. The number of nitrogens with one attached hydrogen (secondary N) is 2. The quantitative estimate of drug-likeness (QED) is 0.375. The van der Waals surface area contributed by atoms with Gasteiger partial charge in [-0.2, -0.15) is 0 Å². The zero-order valence-electron chi connectivity index (χ0n) is 27.5. The molecule has 3 aliphatic carbocycles. The van der Waals surface area contributed by atoms with Crippen LogP contribution in [-0.4, -0.2) is 60.9 Å². The van der Waals surface area contributed by atoms with Gasteiger partial charge in [-0.25, -0.2) is 9.00 Å². The van der Waals surface area contributed by atoms with Gasteiger partial charge in [-0.1, -0.05) is 31.0 Å². The van der Waals surface area contributed by atoms with Crippen LogP contribution >= 0.6 is 11.6 Å². The summed E-state index contributed by atoms with van der Waals surface area (Å²) in [5.41, 5.74) is 3.54. The van der Waals surface area contributed by atoms with E-state index in [1.165, 1.54) is 11.1 Å². The molecule has 2 N–H and O–H groups in total. The molecule has 5 aliphatic rings. The average Bonchev–Trinajstić information content (AvgIpc) is 3.85. The van der Waals surface area contributed by atoms with Gasteiger partial charge in [0, 0.05) is 42.2 Å². The van der Waals surface area contributed by atoms with Gasteiger partial charge in [0.1, 0.15) is 15.7 Å². The molecule has 2 saturated carbocycles. The molecular weight excluding hydrogens is 636 g/mol. The second-order valence-electron chi connectivity index (χ2n) is 14.7. The van der Waals surface area contributed by atoms with E-state index in [0.29, 0.717) is 24.0 Å². The Bertz CT molecular complexity index is 1660. The lowest BCUT2D eigenvalue weighted by Gasteiger charge is -2.46. The minimum atomic E-state index is -3.38. The summed E-state index contributed by atoms with van der Waals surface area (Å²) in [4.78, 5) is 29.0. The van der Waals surface area contributed by atoms with Crippen LogP contribution in [0.25, 0.3) is 0 Å². The summed E-state index contributed by atoms with van der Waals surface area (Å²) in [5, 5.41) is 3.59. The van der Waals surface area contributed by atoms with Crippen LogP contribution in [0, 0.1) is 17.8 Å². The number of carbonyl (C=O) groups is 2. The Hall–Kier alpha value is -2.82. The number of anilines is 1. The average molecular weight is 683 g/mol. The van der Waals surface area contributed by atoms with E-state index in [1.54, 1.807) is 6.07 Å². The smallest absolute Gasteiger partial charge is 0.327 e. The van der Waals surface area contributed by atoms with Crippen LogP contribution in [0.1, 0.15) is 86.2 Å². The molecule has 0 radical (unpaired) electrons. The van der Waals surface area contributed by atoms with Crippen LogP contribution in [0.4, 0.5) is 10.5 Å². The molecule has 6 atom stereocenters. The molecule has 2 bridgehead atoms. The molecule has 9 nitrogen and oxygen atoms in total. The maximum absolute atomic E-state index is 14.2. The third kappa shape index (κ3) is 7.01. The van der Waals surface area contributed by atoms with Crippen LogP contribution < -0.4 is 19.7 Å². The Balaban J connectivity index is 1.28. The number of halogens is 1. The number of methoxy groups -OCH3 is 1. The first-order chi connectivity index (χ1) is 22.6. The lowest BCUT2D eigenvalue weighted by molar-refractivity contribution is -0.0223. The van der Waals surface area contributed by atoms with E-state index in [-0.39, 0.29) is 29.2 Å². The largest absolute Gasteiger partial charge is 0.490 e. The van der Waals surface area contributed by atoms with Gasteiger partial charge in [0.05, 0.1) is 24.2 Å². The van der Waals surface area contributed by atoms with Crippen molar-refractivity contribution in [2.75, 3.05) is 37.5 Å². The fourth-order valence-corrected chi connectivity index (χ4v) is 10.4. The van der Waals surface area contributed by atoms with Crippen molar-refractivity contribution >= 4 is 39.1 Å². The summed E-state index contributed by atoms with van der Waals surface area (Å²) in [5.74, 6) is 1.13. The first-order valence-electron chi connectivity index (χ1n) is 17.3. The standard InChI is InChI=1S/C36H47ClN4O5S/c1-23-5-3-7-32(45-2)29-13-8-26(29)19-41-21-36(16-4-6-24-17-27(37)10-14-30(24)36)22-46-33-15-9-25(18-31(33)41)34(42)39-47(44,20-23)40-35(43)38-28-11-12-28/h9-10,14-15,17-18,23,26,28-29,32H,3-8,11-13,16,19-22H2,1-2H3,(H2,38,39,40,42,43,44)/t23-,26-,29+,32-,36-,47-/m0/s1. The second-order valence-corrected chi connectivity index (χ2v) is 17.1. The van der Waals surface area contributed by atoms with Crippen molar-refractivity contribution in [2.45, 2.75) is 88.7 Å². The van der Waals surface area contributed by atoms with Gasteiger partial charge in [0.25, 0.3) is 5.91 Å². The molecule has 11 heteroatoms. The van der Waals surface area contributed by atoms with Crippen molar-refractivity contribution in [3.05, 3.63) is 58.1 Å². The Morgan fingerprint density at radius 1 is 1.11 bits per heavy atom. The minimum Gasteiger partial charge on any atom is -0.490 e. The molecule has 2 heterocycles. The van der Waals surface area contributed by atoms with E-state index in [9.17, 15) is 13.8 Å². The zero-order chi connectivity index (χ0) is 32.8. The van der Waals surface area contributed by atoms with E-state index in [0.717, 1.165) is 93.8 Å². The number of benzene rings is 2. The summed E-state index contributed by atoms with van der Waals surface area (Å²) >= 11 is 6.44. The highest BCUT2D eigenvalue weighted by molar-refractivity contribution is 7.92. The van der Waals surface area contributed by atoms with E-state index in [2.05, 4.69) is 31.4 Å². The Labute approximate surface area is 283 Å². The Morgan fingerprint density at radius 3 is 2.72 bits per heavy atom. The predicted molar refractivity (Wildman–Crippen MR) is 185 cm³/mol. The summed E-state index contributed by atoms with van der Waals surface area (Å²) in [6, 6.07) is 11.2. The van der Waals surface area contributed by atoms with Gasteiger partial charge in [0.2, 0.25) is 0 Å². The molecule has 0 unspecified atom stereocenters. The molecule has 2 aromatic rings. The molecule has 0 saturated heterocycles. The highest BCUT2D eigenvalue weighted by atomic mass is 35.5. The highest BCUT2D eigenvalue weighted by Crippen LogP contribution is 2.47. The Kier molecular flexibility index (Phi) is 9.21. The number of amides is 3. The van der Waals surface area contributed by atoms with E-state index < -0.39 is 21.9 Å².